The average molecular weight is 286 g/mol. The van der Waals surface area contributed by atoms with Gasteiger partial charge in [-0.3, -0.25) is 5.32 Å². The van der Waals surface area contributed by atoms with E-state index in [4.69, 9.17) is 10.00 Å². The van der Waals surface area contributed by atoms with Crippen LogP contribution in [-0.4, -0.2) is 31.4 Å². The van der Waals surface area contributed by atoms with E-state index < -0.39 is 11.7 Å². The highest BCUT2D eigenvalue weighted by Crippen LogP contribution is 2.18. The zero-order valence-corrected chi connectivity index (χ0v) is 11.9. The fourth-order valence-corrected chi connectivity index (χ4v) is 1.50. The molecule has 2 aromatic rings. The molecule has 0 aliphatic rings. The highest BCUT2D eigenvalue weighted by atomic mass is 16.6. The molecule has 0 aliphatic heterocycles. The van der Waals surface area contributed by atoms with Gasteiger partial charge in [-0.15, -0.1) is 0 Å². The molecule has 2 rings (SSSR count). The molecular formula is C13H14N6O2. The second kappa shape index (κ2) is 5.58. The summed E-state index contributed by atoms with van der Waals surface area (Å²) in [4.78, 5) is 19.9. The number of amides is 1. The first-order valence-electron chi connectivity index (χ1n) is 6.16. The fraction of sp³-hybridized carbons (Fsp3) is 0.308. The van der Waals surface area contributed by atoms with Gasteiger partial charge < -0.3 is 4.74 Å². The lowest BCUT2D eigenvalue weighted by molar-refractivity contribution is 0.0635. The minimum absolute atomic E-state index is 0.165. The third-order valence-electron chi connectivity index (χ3n) is 2.25. The van der Waals surface area contributed by atoms with Gasteiger partial charge >= 0.3 is 6.09 Å². The van der Waals surface area contributed by atoms with Crippen LogP contribution in [0.25, 0.3) is 5.95 Å². The molecule has 0 fully saturated rings. The summed E-state index contributed by atoms with van der Waals surface area (Å²) in [6.07, 6.45) is 3.71. The summed E-state index contributed by atoms with van der Waals surface area (Å²) >= 11 is 0. The normalized spacial score (nSPS) is 10.8. The number of rotatable bonds is 2. The molecule has 0 bridgehead atoms. The van der Waals surface area contributed by atoms with E-state index in [1.165, 1.54) is 23.3 Å². The Morgan fingerprint density at radius 1 is 1.38 bits per heavy atom. The van der Waals surface area contributed by atoms with Crippen LogP contribution < -0.4 is 5.32 Å². The van der Waals surface area contributed by atoms with E-state index in [-0.39, 0.29) is 17.3 Å². The van der Waals surface area contributed by atoms with Crippen LogP contribution in [0.15, 0.2) is 24.7 Å². The van der Waals surface area contributed by atoms with Crippen molar-refractivity contribution in [3.05, 3.63) is 30.2 Å². The molecule has 0 saturated heterocycles. The van der Waals surface area contributed by atoms with Crippen molar-refractivity contribution in [1.29, 1.82) is 5.26 Å². The molecule has 0 radical (unpaired) electrons. The Morgan fingerprint density at radius 2 is 2.05 bits per heavy atom. The number of hydrogen-bond acceptors (Lipinski definition) is 6. The summed E-state index contributed by atoms with van der Waals surface area (Å²) in [5, 5.41) is 15.6. The van der Waals surface area contributed by atoms with Crippen molar-refractivity contribution < 1.29 is 9.53 Å². The van der Waals surface area contributed by atoms with Gasteiger partial charge in [-0.2, -0.15) is 15.0 Å². The molecule has 0 aliphatic carbocycles. The van der Waals surface area contributed by atoms with Gasteiger partial charge in [-0.25, -0.2) is 14.8 Å². The van der Waals surface area contributed by atoms with Crippen LogP contribution in [0.3, 0.4) is 0 Å². The van der Waals surface area contributed by atoms with E-state index in [2.05, 4.69) is 20.4 Å². The number of nitrogens with zero attached hydrogens (tertiary/aromatic N) is 5. The van der Waals surface area contributed by atoms with Crippen molar-refractivity contribution >= 4 is 11.9 Å². The molecule has 2 aromatic heterocycles. The van der Waals surface area contributed by atoms with Crippen LogP contribution in [0.1, 0.15) is 26.3 Å². The third-order valence-corrected chi connectivity index (χ3v) is 2.25. The van der Waals surface area contributed by atoms with Crippen molar-refractivity contribution in [1.82, 2.24) is 19.7 Å². The zero-order valence-electron chi connectivity index (χ0n) is 11.9. The minimum Gasteiger partial charge on any atom is -0.444 e. The molecule has 1 amide bonds. The molecule has 21 heavy (non-hydrogen) atoms. The second-order valence-corrected chi connectivity index (χ2v) is 5.11. The Kier molecular flexibility index (Phi) is 3.84. The van der Waals surface area contributed by atoms with Crippen LogP contribution in [0.5, 0.6) is 0 Å². The van der Waals surface area contributed by atoms with Crippen LogP contribution in [0, 0.1) is 11.3 Å². The molecule has 0 atom stereocenters. The Morgan fingerprint density at radius 3 is 2.62 bits per heavy atom. The molecule has 0 spiro atoms. The van der Waals surface area contributed by atoms with E-state index in [1.807, 2.05) is 6.07 Å². The lowest BCUT2D eigenvalue weighted by atomic mass is 10.2. The first-order valence-corrected chi connectivity index (χ1v) is 6.16. The Hall–Kier alpha value is -2.95. The van der Waals surface area contributed by atoms with E-state index in [9.17, 15) is 4.79 Å². The highest BCUT2D eigenvalue weighted by Gasteiger charge is 2.21. The number of anilines is 1. The van der Waals surface area contributed by atoms with Gasteiger partial charge in [0.25, 0.3) is 5.95 Å². The largest absolute Gasteiger partial charge is 0.444 e. The van der Waals surface area contributed by atoms with Crippen molar-refractivity contribution in [2.75, 3.05) is 5.32 Å². The number of nitrogens with one attached hydrogen (secondary N) is 1. The first-order chi connectivity index (χ1) is 9.90. The topological polar surface area (TPSA) is 106 Å². The molecule has 8 heteroatoms. The molecule has 8 nitrogen and oxygen atoms in total. The minimum atomic E-state index is -0.684. The molecule has 0 aromatic carbocycles. The van der Waals surface area contributed by atoms with Crippen molar-refractivity contribution in [2.24, 2.45) is 0 Å². The molecular weight excluding hydrogens is 272 g/mol. The Balaban J connectivity index is 2.33. The molecule has 0 saturated carbocycles. The van der Waals surface area contributed by atoms with Crippen LogP contribution >= 0.6 is 0 Å². The zero-order chi connectivity index (χ0) is 15.5. The van der Waals surface area contributed by atoms with Gasteiger partial charge in [0.2, 0.25) is 0 Å². The highest BCUT2D eigenvalue weighted by molar-refractivity contribution is 5.85. The number of carbonyl (C=O) groups is 1. The van der Waals surface area contributed by atoms with Gasteiger partial charge in [0.05, 0.1) is 6.20 Å². The molecule has 2 heterocycles. The van der Waals surface area contributed by atoms with Crippen LogP contribution in [0.4, 0.5) is 10.6 Å². The van der Waals surface area contributed by atoms with Gasteiger partial charge in [-0.1, -0.05) is 0 Å². The average Bonchev–Trinajstić information content (AvgIpc) is 2.80. The molecule has 1 N–H and O–H groups in total. The lowest BCUT2D eigenvalue weighted by Crippen LogP contribution is -2.28. The fourth-order valence-electron chi connectivity index (χ4n) is 1.50. The summed E-state index contributed by atoms with van der Waals surface area (Å²) in [5.74, 6) is 0.406. The van der Waals surface area contributed by atoms with E-state index in [0.29, 0.717) is 0 Å². The number of aromatic nitrogens is 4. The van der Waals surface area contributed by atoms with Gasteiger partial charge in [0.15, 0.2) is 5.82 Å². The number of ether oxygens (including phenoxy) is 1. The maximum atomic E-state index is 11.9. The molecule has 108 valence electrons. The summed E-state index contributed by atoms with van der Waals surface area (Å²) in [7, 11) is 0. The van der Waals surface area contributed by atoms with Crippen molar-refractivity contribution in [3.63, 3.8) is 0 Å². The van der Waals surface area contributed by atoms with Gasteiger partial charge in [-0.05, 0) is 26.8 Å². The maximum absolute atomic E-state index is 11.9. The summed E-state index contributed by atoms with van der Waals surface area (Å²) in [6, 6.07) is 3.60. The van der Waals surface area contributed by atoms with E-state index in [0.717, 1.165) is 0 Å². The first kappa shape index (κ1) is 14.5. The van der Waals surface area contributed by atoms with E-state index in [1.54, 1.807) is 26.8 Å². The predicted molar refractivity (Wildman–Crippen MR) is 73.7 cm³/mol. The Bertz CT molecular complexity index is 681. The number of nitriles is 1. The number of carbonyl (C=O) groups excluding carboxylic acids is 1. The lowest BCUT2D eigenvalue weighted by Gasteiger charge is -2.19. The maximum Gasteiger partial charge on any atom is 0.413 e. The van der Waals surface area contributed by atoms with Gasteiger partial charge in [0.1, 0.15) is 17.2 Å². The second-order valence-electron chi connectivity index (χ2n) is 5.11. The predicted octanol–water partition coefficient (Wildman–Crippen LogP) is 1.88. The number of hydrogen-bond donors (Lipinski definition) is 1. The third kappa shape index (κ3) is 3.54. The van der Waals surface area contributed by atoms with E-state index >= 15 is 0 Å². The van der Waals surface area contributed by atoms with Crippen LogP contribution in [0.2, 0.25) is 0 Å². The Labute approximate surface area is 121 Å². The molecule has 0 unspecified atom stereocenters. The summed E-state index contributed by atoms with van der Waals surface area (Å²) < 4.78 is 6.43. The van der Waals surface area contributed by atoms with Gasteiger partial charge in [0, 0.05) is 12.4 Å². The smallest absolute Gasteiger partial charge is 0.413 e. The summed E-state index contributed by atoms with van der Waals surface area (Å²) in [5.41, 5.74) is -0.460. The van der Waals surface area contributed by atoms with Crippen molar-refractivity contribution in [2.45, 2.75) is 26.4 Å². The SMILES string of the molecule is CC(C)(C)OC(=O)Nc1c(C#N)cnn1-c1ncccn1. The quantitative estimate of drug-likeness (QED) is 0.903. The standard InChI is InChI=1S/C13H14N6O2/c1-13(2,3)21-12(20)18-10-9(7-14)8-17-19(10)11-15-5-4-6-16-11/h4-6,8H,1-3H3,(H,18,20). The monoisotopic (exact) mass is 286 g/mol. The summed E-state index contributed by atoms with van der Waals surface area (Å²) in [6.45, 7) is 5.24. The van der Waals surface area contributed by atoms with Crippen molar-refractivity contribution in [3.8, 4) is 12.0 Å². The van der Waals surface area contributed by atoms with Crippen LogP contribution in [-0.2, 0) is 4.74 Å².